The van der Waals surface area contributed by atoms with Crippen molar-refractivity contribution in [3.05, 3.63) is 70.6 Å². The molecular weight excluding hydrogens is 655 g/mol. The number of aryl methyl sites for hydroxylation is 2. The van der Waals surface area contributed by atoms with Gasteiger partial charge in [0.25, 0.3) is 5.91 Å². The lowest BCUT2D eigenvalue weighted by Gasteiger charge is -2.36. The summed E-state index contributed by atoms with van der Waals surface area (Å²) in [4.78, 5) is 30.8. The van der Waals surface area contributed by atoms with Gasteiger partial charge >= 0.3 is 12.2 Å². The van der Waals surface area contributed by atoms with Gasteiger partial charge in [0.2, 0.25) is 0 Å². The SMILES string of the molecule is Cc1noc(C)c1NC(=O)Nc1ccc2c(c1)C(=O)N([C@H](C)CO)C[C@@H](C)[C@H](CN(C)Cc1ccc(C(F)(F)F)cc1)OCCCC[C@H](C)O2. The number of carbonyl (C=O) groups excluding carboxylic acids is 2. The molecular formula is C36H48F3N5O6. The molecule has 4 rings (SSSR count). The molecule has 14 heteroatoms. The number of nitrogens with zero attached hydrogens (tertiary/aromatic N) is 3. The normalized spacial score (nSPS) is 20.1. The summed E-state index contributed by atoms with van der Waals surface area (Å²) in [7, 11) is 1.88. The number of carbonyl (C=O) groups is 2. The molecule has 1 aliphatic heterocycles. The van der Waals surface area contributed by atoms with Crippen molar-refractivity contribution < 1.29 is 41.9 Å². The highest BCUT2D eigenvalue weighted by Gasteiger charge is 2.32. The van der Waals surface area contributed by atoms with E-state index in [0.29, 0.717) is 54.7 Å². The van der Waals surface area contributed by atoms with Gasteiger partial charge in [0, 0.05) is 37.8 Å². The zero-order chi connectivity index (χ0) is 36.6. The average molecular weight is 704 g/mol. The van der Waals surface area contributed by atoms with Crippen LogP contribution in [0.4, 0.5) is 29.3 Å². The molecule has 3 N–H and O–H groups in total. The third-order valence-corrected chi connectivity index (χ3v) is 8.81. The maximum absolute atomic E-state index is 14.4. The first-order chi connectivity index (χ1) is 23.7. The van der Waals surface area contributed by atoms with Crippen molar-refractivity contribution in [1.29, 1.82) is 0 Å². The second kappa shape index (κ2) is 17.2. The Balaban J connectivity index is 1.57. The van der Waals surface area contributed by atoms with E-state index in [0.717, 1.165) is 30.5 Å². The first-order valence-electron chi connectivity index (χ1n) is 16.9. The molecule has 0 saturated heterocycles. The van der Waals surface area contributed by atoms with Crippen LogP contribution in [-0.4, -0.2) is 83.6 Å². The number of fused-ring (bicyclic) bond motifs is 1. The number of halogens is 3. The maximum atomic E-state index is 14.4. The predicted molar refractivity (Wildman–Crippen MR) is 183 cm³/mol. The Bertz CT molecular complexity index is 1560. The Morgan fingerprint density at radius 1 is 1.12 bits per heavy atom. The van der Waals surface area contributed by atoms with Crippen LogP contribution in [0.5, 0.6) is 5.75 Å². The van der Waals surface area contributed by atoms with E-state index in [1.807, 2.05) is 25.8 Å². The van der Waals surface area contributed by atoms with Gasteiger partial charge < -0.3 is 34.6 Å². The quantitative estimate of drug-likeness (QED) is 0.232. The van der Waals surface area contributed by atoms with Crippen LogP contribution in [0.15, 0.2) is 47.0 Å². The number of hydrogen-bond donors (Lipinski definition) is 3. The number of rotatable bonds is 8. The van der Waals surface area contributed by atoms with E-state index in [-0.39, 0.29) is 42.7 Å². The van der Waals surface area contributed by atoms with E-state index in [2.05, 4.69) is 15.8 Å². The minimum atomic E-state index is -4.40. The molecule has 1 aromatic heterocycles. The first kappa shape index (κ1) is 38.7. The van der Waals surface area contributed by atoms with Crippen molar-refractivity contribution in [3.63, 3.8) is 0 Å². The molecule has 274 valence electrons. The van der Waals surface area contributed by atoms with Crippen molar-refractivity contribution in [2.24, 2.45) is 5.92 Å². The zero-order valence-electron chi connectivity index (χ0n) is 29.5. The first-order valence-corrected chi connectivity index (χ1v) is 16.9. The highest BCUT2D eigenvalue weighted by atomic mass is 19.4. The highest BCUT2D eigenvalue weighted by molar-refractivity contribution is 6.03. The largest absolute Gasteiger partial charge is 0.490 e. The Morgan fingerprint density at radius 3 is 2.48 bits per heavy atom. The highest BCUT2D eigenvalue weighted by Crippen LogP contribution is 2.31. The number of hydrogen-bond acceptors (Lipinski definition) is 8. The number of aromatic nitrogens is 1. The van der Waals surface area contributed by atoms with Crippen LogP contribution in [0.1, 0.15) is 73.0 Å². The molecule has 0 aliphatic carbocycles. The van der Waals surface area contributed by atoms with Crippen LogP contribution in [0, 0.1) is 19.8 Å². The molecule has 0 bridgehead atoms. The molecule has 0 saturated carbocycles. The van der Waals surface area contributed by atoms with Crippen LogP contribution in [0.25, 0.3) is 0 Å². The summed E-state index contributed by atoms with van der Waals surface area (Å²) in [5, 5.41) is 19.6. The van der Waals surface area contributed by atoms with Gasteiger partial charge in [-0.1, -0.05) is 24.2 Å². The molecule has 3 aromatic rings. The summed E-state index contributed by atoms with van der Waals surface area (Å²) in [5.74, 6) is 0.235. The number of anilines is 2. The van der Waals surface area contributed by atoms with Crippen molar-refractivity contribution in [1.82, 2.24) is 15.0 Å². The van der Waals surface area contributed by atoms with Gasteiger partial charge in [0.1, 0.15) is 17.1 Å². The molecule has 0 fully saturated rings. The number of aliphatic hydroxyl groups is 1. The van der Waals surface area contributed by atoms with Crippen molar-refractivity contribution in [2.45, 2.75) is 84.9 Å². The predicted octanol–water partition coefficient (Wildman–Crippen LogP) is 6.88. The van der Waals surface area contributed by atoms with Crippen molar-refractivity contribution >= 4 is 23.3 Å². The van der Waals surface area contributed by atoms with E-state index in [1.165, 1.54) is 12.1 Å². The van der Waals surface area contributed by atoms with Gasteiger partial charge in [-0.05, 0) is 89.9 Å². The molecule has 0 radical (unpaired) electrons. The third kappa shape index (κ3) is 10.4. The number of amides is 3. The molecule has 0 spiro atoms. The van der Waals surface area contributed by atoms with Crippen LogP contribution in [-0.2, 0) is 17.5 Å². The number of nitrogens with one attached hydrogen (secondary N) is 2. The van der Waals surface area contributed by atoms with Crippen LogP contribution in [0.2, 0.25) is 0 Å². The standard InChI is InChI=1S/C36H48F3N5O6/c1-22-18-44(23(2)21-45)34(46)30-17-29(40-35(47)41-33-25(4)42-50-26(33)5)14-15-31(30)49-24(3)9-7-8-16-48-32(22)20-43(6)19-27-10-12-28(13-11-27)36(37,38)39/h10-15,17,22-24,32,45H,7-9,16,18-21H2,1-6H3,(H2,40,41,47)/t22-,23-,24+,32+/m1/s1. The third-order valence-electron chi connectivity index (χ3n) is 8.81. The van der Waals surface area contributed by atoms with Crippen LogP contribution >= 0.6 is 0 Å². The molecule has 50 heavy (non-hydrogen) atoms. The van der Waals surface area contributed by atoms with Gasteiger partial charge in [-0.2, -0.15) is 13.2 Å². The minimum Gasteiger partial charge on any atom is -0.490 e. The average Bonchev–Trinajstić information content (AvgIpc) is 3.37. The van der Waals surface area contributed by atoms with Gasteiger partial charge in [-0.3, -0.25) is 9.69 Å². The molecule has 4 atom stereocenters. The fourth-order valence-corrected chi connectivity index (χ4v) is 5.88. The number of urea groups is 1. The zero-order valence-corrected chi connectivity index (χ0v) is 29.5. The van der Waals surface area contributed by atoms with Gasteiger partial charge in [-0.25, -0.2) is 4.79 Å². The van der Waals surface area contributed by atoms with Gasteiger partial charge in [0.15, 0.2) is 5.76 Å². The lowest BCUT2D eigenvalue weighted by Crippen LogP contribution is -2.47. The summed E-state index contributed by atoms with van der Waals surface area (Å²) in [6.45, 7) is 10.3. The second-order valence-corrected chi connectivity index (χ2v) is 13.2. The fourth-order valence-electron chi connectivity index (χ4n) is 5.88. The lowest BCUT2D eigenvalue weighted by atomic mass is 10.0. The number of likely N-dealkylation sites (N-methyl/N-ethyl adjacent to an activating group) is 1. The summed E-state index contributed by atoms with van der Waals surface area (Å²) < 4.78 is 57.0. The summed E-state index contributed by atoms with van der Waals surface area (Å²) in [5.41, 5.74) is 1.60. The van der Waals surface area contributed by atoms with E-state index in [4.69, 9.17) is 14.0 Å². The van der Waals surface area contributed by atoms with E-state index >= 15 is 0 Å². The Kier molecular flexibility index (Phi) is 13.3. The van der Waals surface area contributed by atoms with Gasteiger partial charge in [-0.15, -0.1) is 0 Å². The topological polar surface area (TPSA) is 129 Å². The van der Waals surface area contributed by atoms with E-state index in [1.54, 1.807) is 43.9 Å². The number of aliphatic hydroxyl groups excluding tert-OH is 1. The Morgan fingerprint density at radius 2 is 1.84 bits per heavy atom. The summed E-state index contributed by atoms with van der Waals surface area (Å²) in [6, 6.07) is 8.90. The molecule has 2 heterocycles. The van der Waals surface area contributed by atoms with Crippen molar-refractivity contribution in [2.75, 3.05) is 44.0 Å². The molecule has 3 amide bonds. The molecule has 1 aliphatic rings. The second-order valence-electron chi connectivity index (χ2n) is 13.2. The minimum absolute atomic E-state index is 0.198. The van der Waals surface area contributed by atoms with Gasteiger partial charge in [0.05, 0.1) is 36.0 Å². The van der Waals surface area contributed by atoms with Crippen LogP contribution in [0.3, 0.4) is 0 Å². The molecule has 2 aromatic carbocycles. The molecule has 11 nitrogen and oxygen atoms in total. The maximum Gasteiger partial charge on any atom is 0.416 e. The Hall–Kier alpha value is -4.14. The van der Waals surface area contributed by atoms with Crippen molar-refractivity contribution in [3.8, 4) is 5.75 Å². The Labute approximate surface area is 291 Å². The smallest absolute Gasteiger partial charge is 0.416 e. The number of ether oxygens (including phenoxy) is 2. The van der Waals surface area contributed by atoms with E-state index < -0.39 is 23.8 Å². The summed E-state index contributed by atoms with van der Waals surface area (Å²) in [6.07, 6.45) is -2.63. The summed E-state index contributed by atoms with van der Waals surface area (Å²) >= 11 is 0. The molecule has 0 unspecified atom stereocenters. The van der Waals surface area contributed by atoms with E-state index in [9.17, 15) is 27.9 Å². The fraction of sp³-hybridized carbons (Fsp3) is 0.528. The van der Waals surface area contributed by atoms with Crippen LogP contribution < -0.4 is 15.4 Å². The number of alkyl halides is 3. The monoisotopic (exact) mass is 703 g/mol. The number of benzene rings is 2. The lowest BCUT2D eigenvalue weighted by molar-refractivity contribution is -0.137.